The fourth-order valence-corrected chi connectivity index (χ4v) is 7.33. The molecule has 1 aliphatic carbocycles. The lowest BCUT2D eigenvalue weighted by molar-refractivity contribution is 0.159. The third-order valence-electron chi connectivity index (χ3n) is 6.20. The fraction of sp³-hybridized carbons (Fsp3) is 0.381. The molecule has 1 saturated carbocycles. The monoisotopic (exact) mass is 533 g/mol. The molecule has 0 saturated heterocycles. The normalized spacial score (nSPS) is 14.9. The lowest BCUT2D eigenvalue weighted by Gasteiger charge is -2.24. The number of aromatic nitrogens is 6. The molecular formula is C21H23N7O6S2. The van der Waals surface area contributed by atoms with E-state index in [-0.39, 0.29) is 27.5 Å². The van der Waals surface area contributed by atoms with Gasteiger partial charge in [-0.25, -0.2) is 9.59 Å². The van der Waals surface area contributed by atoms with Crippen LogP contribution in [0.25, 0.3) is 10.2 Å². The Balaban J connectivity index is 1.72. The van der Waals surface area contributed by atoms with Crippen LogP contribution in [0.5, 0.6) is 0 Å². The molecule has 4 aromatic rings. The molecule has 1 N–H and O–H groups in total. The zero-order chi connectivity index (χ0) is 26.0. The number of hydrogen-bond donors (Lipinski definition) is 1. The first kappa shape index (κ1) is 24.0. The van der Waals surface area contributed by atoms with Gasteiger partial charge in [-0.15, -0.1) is 11.3 Å². The molecule has 4 aromatic heterocycles. The minimum Gasteiger partial charge on any atom is -0.464 e. The summed E-state index contributed by atoms with van der Waals surface area (Å²) in [6.07, 6.45) is 5.72. The van der Waals surface area contributed by atoms with E-state index in [4.69, 9.17) is 0 Å². The number of aryl methyl sites for hydroxylation is 2. The molecule has 1 amide bonds. The van der Waals surface area contributed by atoms with Gasteiger partial charge in [0, 0.05) is 37.6 Å². The second-order valence-electron chi connectivity index (χ2n) is 9.14. The van der Waals surface area contributed by atoms with Crippen molar-refractivity contribution in [1.82, 2.24) is 33.0 Å². The van der Waals surface area contributed by atoms with Gasteiger partial charge in [0.05, 0.1) is 36.4 Å². The molecule has 4 heterocycles. The van der Waals surface area contributed by atoms with Crippen molar-refractivity contribution in [3.05, 3.63) is 62.8 Å². The third kappa shape index (κ3) is 3.93. The van der Waals surface area contributed by atoms with Crippen LogP contribution in [-0.4, -0.2) is 58.2 Å². The predicted molar refractivity (Wildman–Crippen MR) is 130 cm³/mol. The topological polar surface area (TPSA) is 154 Å². The van der Waals surface area contributed by atoms with Crippen LogP contribution >= 0.6 is 11.3 Å². The number of amides is 1. The van der Waals surface area contributed by atoms with Crippen molar-refractivity contribution in [3.8, 4) is 0 Å². The molecule has 0 aliphatic heterocycles. The van der Waals surface area contributed by atoms with E-state index in [0.717, 1.165) is 10.6 Å². The Hall–Kier alpha value is -3.72. The highest BCUT2D eigenvalue weighted by molar-refractivity contribution is 7.92. The van der Waals surface area contributed by atoms with E-state index >= 15 is 0 Å². The molecule has 15 heteroatoms. The second kappa shape index (κ2) is 8.16. The standard InChI is InChI=1S/C21H23N7O6S2/c1-21(4-5-21)28(20(31)32)36(33,34)16-6-15-17(29)26(11-13-7-22-24(2)9-13)19(30)27(18(15)35-16)12-14-8-23-25(3)10-14/h6-10H,4-5,11-12H2,1-3H3,(H,31,32). The highest BCUT2D eigenvalue weighted by atomic mass is 32.2. The van der Waals surface area contributed by atoms with Crippen LogP contribution in [0.4, 0.5) is 4.79 Å². The molecular weight excluding hydrogens is 510 g/mol. The lowest BCUT2D eigenvalue weighted by Crippen LogP contribution is -2.43. The maximum Gasteiger partial charge on any atom is 0.421 e. The van der Waals surface area contributed by atoms with Crippen LogP contribution in [0.1, 0.15) is 30.9 Å². The molecule has 1 fully saturated rings. The lowest BCUT2D eigenvalue weighted by atomic mass is 10.3. The Morgan fingerprint density at radius 1 is 1.08 bits per heavy atom. The summed E-state index contributed by atoms with van der Waals surface area (Å²) in [7, 11) is -1.05. The van der Waals surface area contributed by atoms with Gasteiger partial charge in [0.2, 0.25) is 0 Å². The van der Waals surface area contributed by atoms with Crippen LogP contribution < -0.4 is 11.2 Å². The van der Waals surface area contributed by atoms with Gasteiger partial charge in [0.15, 0.2) is 0 Å². The Labute approximate surface area is 208 Å². The molecule has 0 aromatic carbocycles. The Bertz CT molecular complexity index is 1740. The molecule has 1 aliphatic rings. The van der Waals surface area contributed by atoms with Gasteiger partial charge in [-0.2, -0.15) is 22.9 Å². The summed E-state index contributed by atoms with van der Waals surface area (Å²) in [5, 5.41) is 17.9. The number of sulfonamides is 1. The van der Waals surface area contributed by atoms with Crippen molar-refractivity contribution in [3.63, 3.8) is 0 Å². The largest absolute Gasteiger partial charge is 0.464 e. The summed E-state index contributed by atoms with van der Waals surface area (Å²) in [6.45, 7) is 1.54. The number of carbonyl (C=O) groups is 1. The Morgan fingerprint density at radius 3 is 2.11 bits per heavy atom. The first-order valence-electron chi connectivity index (χ1n) is 10.9. The molecule has 190 valence electrons. The average Bonchev–Trinajstić information content (AvgIpc) is 3.17. The molecule has 36 heavy (non-hydrogen) atoms. The van der Waals surface area contributed by atoms with Crippen LogP contribution in [0.3, 0.4) is 0 Å². The first-order chi connectivity index (χ1) is 16.9. The van der Waals surface area contributed by atoms with Crippen molar-refractivity contribution < 1.29 is 18.3 Å². The minimum absolute atomic E-state index is 0.0113. The van der Waals surface area contributed by atoms with Crippen LogP contribution in [0, 0.1) is 0 Å². The van der Waals surface area contributed by atoms with Gasteiger partial charge in [-0.05, 0) is 25.8 Å². The molecule has 13 nitrogen and oxygen atoms in total. The van der Waals surface area contributed by atoms with Gasteiger partial charge in [-0.3, -0.25) is 23.3 Å². The molecule has 5 rings (SSSR count). The SMILES string of the molecule is Cn1cc(Cn2c(=O)c3cc(S(=O)(=O)N(C(=O)O)C4(C)CC4)sc3n(Cc3cnn(C)c3)c2=O)cn1. The van der Waals surface area contributed by atoms with Crippen LogP contribution in [0.2, 0.25) is 0 Å². The number of hydrogen-bond acceptors (Lipinski definition) is 8. The van der Waals surface area contributed by atoms with E-state index in [1.807, 2.05) is 0 Å². The summed E-state index contributed by atoms with van der Waals surface area (Å²) in [6, 6.07) is 1.16. The number of carboxylic acid groups (broad SMARTS) is 1. The van der Waals surface area contributed by atoms with E-state index in [9.17, 15) is 27.9 Å². The van der Waals surface area contributed by atoms with Crippen LogP contribution in [0.15, 0.2) is 44.7 Å². The number of fused-ring (bicyclic) bond motifs is 1. The highest BCUT2D eigenvalue weighted by Crippen LogP contribution is 2.45. The van der Waals surface area contributed by atoms with Gasteiger partial charge in [0.25, 0.3) is 15.6 Å². The average molecular weight is 534 g/mol. The zero-order valence-electron chi connectivity index (χ0n) is 19.7. The number of thiophene rings is 1. The fourth-order valence-electron chi connectivity index (χ4n) is 4.15. The molecule has 0 bridgehead atoms. The summed E-state index contributed by atoms with van der Waals surface area (Å²) in [5.41, 5.74) is -1.04. The van der Waals surface area contributed by atoms with E-state index in [0.29, 0.717) is 39.6 Å². The summed E-state index contributed by atoms with van der Waals surface area (Å²) in [4.78, 5) is 39.0. The summed E-state index contributed by atoms with van der Waals surface area (Å²) >= 11 is 0.707. The van der Waals surface area contributed by atoms with Gasteiger partial charge in [0.1, 0.15) is 9.04 Å². The van der Waals surface area contributed by atoms with Gasteiger partial charge in [-0.1, -0.05) is 0 Å². The Kier molecular flexibility index (Phi) is 5.44. The van der Waals surface area contributed by atoms with E-state index in [1.54, 1.807) is 49.0 Å². The van der Waals surface area contributed by atoms with E-state index in [2.05, 4.69) is 10.2 Å². The van der Waals surface area contributed by atoms with Gasteiger partial charge < -0.3 is 5.11 Å². The van der Waals surface area contributed by atoms with Crippen molar-refractivity contribution in [2.24, 2.45) is 14.1 Å². The maximum atomic E-state index is 13.5. The molecule has 0 atom stereocenters. The first-order valence-corrected chi connectivity index (χ1v) is 13.2. The second-order valence-corrected chi connectivity index (χ2v) is 12.2. The highest BCUT2D eigenvalue weighted by Gasteiger charge is 2.52. The molecule has 0 spiro atoms. The van der Waals surface area contributed by atoms with E-state index < -0.39 is 32.9 Å². The smallest absolute Gasteiger partial charge is 0.421 e. The van der Waals surface area contributed by atoms with Gasteiger partial charge >= 0.3 is 11.8 Å². The third-order valence-corrected chi connectivity index (χ3v) is 9.74. The minimum atomic E-state index is -4.48. The number of rotatable bonds is 7. The summed E-state index contributed by atoms with van der Waals surface area (Å²) in [5.74, 6) is 0. The van der Waals surface area contributed by atoms with Crippen LogP contribution in [-0.2, 0) is 37.2 Å². The number of nitrogens with zero attached hydrogens (tertiary/aromatic N) is 7. The molecule has 0 radical (unpaired) electrons. The maximum absolute atomic E-state index is 13.5. The van der Waals surface area contributed by atoms with Crippen molar-refractivity contribution >= 4 is 37.7 Å². The zero-order valence-corrected chi connectivity index (χ0v) is 21.3. The predicted octanol–water partition coefficient (Wildman–Crippen LogP) is 1.01. The van der Waals surface area contributed by atoms with Crippen molar-refractivity contribution in [2.45, 2.75) is 42.6 Å². The molecule has 0 unspecified atom stereocenters. The quantitative estimate of drug-likeness (QED) is 0.369. The van der Waals surface area contributed by atoms with E-state index in [1.165, 1.54) is 10.8 Å². The van der Waals surface area contributed by atoms with Crippen molar-refractivity contribution in [1.29, 1.82) is 0 Å². The Morgan fingerprint density at radius 2 is 1.64 bits per heavy atom. The summed E-state index contributed by atoms with van der Waals surface area (Å²) < 4.78 is 32.4. The van der Waals surface area contributed by atoms with Crippen molar-refractivity contribution in [2.75, 3.05) is 0 Å².